The quantitative estimate of drug-likeness (QED) is 0.317. The zero-order chi connectivity index (χ0) is 30.0. The molecule has 1 amide bonds. The molecule has 39 heavy (non-hydrogen) atoms. The Morgan fingerprint density at radius 2 is 1.79 bits per heavy atom. The molecule has 0 saturated heterocycles. The van der Waals surface area contributed by atoms with Gasteiger partial charge in [0, 0.05) is 42.9 Å². The number of amides is 1. The lowest BCUT2D eigenvalue weighted by Gasteiger charge is -2.31. The number of nitrogens with one attached hydrogen (secondary N) is 1. The van der Waals surface area contributed by atoms with Gasteiger partial charge in [0.05, 0.1) is 18.7 Å². The first kappa shape index (κ1) is 33.6. The van der Waals surface area contributed by atoms with Crippen molar-refractivity contribution >= 4 is 29.1 Å². The third-order valence-corrected chi connectivity index (χ3v) is 6.67. The van der Waals surface area contributed by atoms with Gasteiger partial charge in [-0.25, -0.2) is 14.4 Å². The molecule has 0 aliphatic rings. The Morgan fingerprint density at radius 1 is 1.18 bits per heavy atom. The number of carbonyl (C=O) groups is 1. The molecule has 0 saturated carbocycles. The normalized spacial score (nSPS) is 11.0. The van der Waals surface area contributed by atoms with Gasteiger partial charge in [-0.2, -0.15) is 0 Å². The van der Waals surface area contributed by atoms with E-state index < -0.39 is 11.7 Å². The largest absolute Gasteiger partial charge is 0.496 e. The number of aliphatic hydroxyl groups is 1. The Labute approximate surface area is 236 Å². The zero-order valence-electron chi connectivity index (χ0n) is 24.5. The van der Waals surface area contributed by atoms with E-state index in [2.05, 4.69) is 15.3 Å². The van der Waals surface area contributed by atoms with Crippen LogP contribution in [-0.2, 0) is 0 Å². The summed E-state index contributed by atoms with van der Waals surface area (Å²) in [5, 5.41) is 9.96. The molecule has 0 spiro atoms. The molecular weight excluding hydrogens is 521 g/mol. The first-order valence-corrected chi connectivity index (χ1v) is 13.1. The Hall–Kier alpha value is -3.43. The number of methoxy groups -OCH3 is 1. The predicted octanol–water partition coefficient (Wildman–Crippen LogP) is 6.15. The van der Waals surface area contributed by atoms with Crippen LogP contribution >= 0.6 is 11.6 Å². The Morgan fingerprint density at radius 3 is 2.31 bits per heavy atom. The number of nitrogen functional groups attached to an aromatic ring is 1. The summed E-state index contributed by atoms with van der Waals surface area (Å²) < 4.78 is 20.7. The van der Waals surface area contributed by atoms with E-state index in [1.165, 1.54) is 25.5 Å². The SMILES string of the molecule is CC.CNC(=O)c1ccc(-c2c(C)c(Cl)cc(C(C)N(C)c3ncnc(N)c3C(C)C)c2OC)cc1F.CO. The van der Waals surface area contributed by atoms with Crippen LogP contribution in [0.5, 0.6) is 5.75 Å². The van der Waals surface area contributed by atoms with E-state index in [0.29, 0.717) is 33.5 Å². The minimum Gasteiger partial charge on any atom is -0.496 e. The van der Waals surface area contributed by atoms with Crippen molar-refractivity contribution in [3.63, 3.8) is 0 Å². The lowest BCUT2D eigenvalue weighted by molar-refractivity contribution is 0.0959. The molecule has 0 radical (unpaired) electrons. The topological polar surface area (TPSA) is 114 Å². The maximum absolute atomic E-state index is 14.8. The van der Waals surface area contributed by atoms with E-state index in [-0.39, 0.29) is 17.5 Å². The fourth-order valence-corrected chi connectivity index (χ4v) is 4.45. The first-order valence-electron chi connectivity index (χ1n) is 12.7. The zero-order valence-corrected chi connectivity index (χ0v) is 25.2. The average Bonchev–Trinajstić information content (AvgIpc) is 2.94. The van der Waals surface area contributed by atoms with E-state index in [1.54, 1.807) is 13.2 Å². The molecule has 0 aliphatic heterocycles. The number of rotatable bonds is 7. The minimum absolute atomic E-state index is 0.0363. The molecule has 8 nitrogen and oxygen atoms in total. The predicted molar refractivity (Wildman–Crippen MR) is 158 cm³/mol. The number of ether oxygens (including phenoxy) is 1. The minimum atomic E-state index is -0.631. The van der Waals surface area contributed by atoms with Crippen molar-refractivity contribution < 1.29 is 19.0 Å². The van der Waals surface area contributed by atoms with Gasteiger partial charge in [-0.15, -0.1) is 0 Å². The van der Waals surface area contributed by atoms with Crippen molar-refractivity contribution in [1.82, 2.24) is 15.3 Å². The van der Waals surface area contributed by atoms with Crippen LogP contribution in [0.2, 0.25) is 5.02 Å². The van der Waals surface area contributed by atoms with Crippen molar-refractivity contribution in [3.05, 3.63) is 63.7 Å². The second-order valence-electron chi connectivity index (χ2n) is 8.69. The Balaban J connectivity index is 0.00000181. The van der Waals surface area contributed by atoms with E-state index in [9.17, 15) is 9.18 Å². The summed E-state index contributed by atoms with van der Waals surface area (Å²) in [7, 11) is 5.95. The van der Waals surface area contributed by atoms with Crippen LogP contribution in [0.25, 0.3) is 11.1 Å². The van der Waals surface area contributed by atoms with Gasteiger partial charge >= 0.3 is 0 Å². The highest BCUT2D eigenvalue weighted by Crippen LogP contribution is 2.44. The number of anilines is 2. The number of hydrogen-bond donors (Lipinski definition) is 3. The van der Waals surface area contributed by atoms with Crippen molar-refractivity contribution in [2.75, 3.05) is 38.9 Å². The number of benzene rings is 2. The van der Waals surface area contributed by atoms with Crippen molar-refractivity contribution in [1.29, 1.82) is 0 Å². The van der Waals surface area contributed by atoms with Gasteiger partial charge in [0.2, 0.25) is 0 Å². The molecule has 2 aromatic carbocycles. The summed E-state index contributed by atoms with van der Waals surface area (Å²) in [6.45, 7) is 11.9. The summed E-state index contributed by atoms with van der Waals surface area (Å²) in [6, 6.07) is 6.09. The monoisotopic (exact) mass is 561 g/mol. The smallest absolute Gasteiger partial charge is 0.253 e. The van der Waals surface area contributed by atoms with Gasteiger partial charge in [-0.3, -0.25) is 4.79 Å². The highest BCUT2D eigenvalue weighted by atomic mass is 35.5. The molecule has 4 N–H and O–H groups in total. The fraction of sp³-hybridized carbons (Fsp3) is 0.414. The van der Waals surface area contributed by atoms with E-state index >= 15 is 0 Å². The van der Waals surface area contributed by atoms with Gasteiger partial charge in [0.1, 0.15) is 29.5 Å². The van der Waals surface area contributed by atoms with E-state index in [4.69, 9.17) is 27.2 Å². The third-order valence-electron chi connectivity index (χ3n) is 6.27. The molecular formula is C29H41ClFN5O3. The standard InChI is InChI=1S/C26H31ClFN5O2.C2H6.CH4O/c1-13(2)21-24(29)31-12-32-25(21)33(6)15(4)18-11-19(27)14(3)22(23(18)35-7)16-8-9-17(20(28)10-16)26(34)30-5;2*1-2/h8-13,15H,1-7H3,(H,30,34)(H2,29,31,32);1-2H3;2H,1H3. The molecule has 1 aromatic heterocycles. The number of halogens is 2. The van der Waals surface area contributed by atoms with E-state index in [0.717, 1.165) is 23.8 Å². The summed E-state index contributed by atoms with van der Waals surface area (Å²) in [5.74, 6) is 0.692. The number of nitrogens with zero attached hydrogens (tertiary/aromatic N) is 3. The van der Waals surface area contributed by atoms with Crippen molar-refractivity contribution in [2.45, 2.75) is 53.5 Å². The summed E-state index contributed by atoms with van der Waals surface area (Å²) in [5.41, 5.74) is 9.73. The van der Waals surface area contributed by atoms with Crippen molar-refractivity contribution in [3.8, 4) is 16.9 Å². The molecule has 1 atom stereocenters. The molecule has 0 fully saturated rings. The Bertz CT molecular complexity index is 1270. The molecule has 1 heterocycles. The van der Waals surface area contributed by atoms with Gasteiger partial charge in [0.25, 0.3) is 5.91 Å². The molecule has 3 rings (SSSR count). The molecule has 1 unspecified atom stereocenters. The van der Waals surface area contributed by atoms with Crippen LogP contribution in [0.15, 0.2) is 30.6 Å². The number of aromatic nitrogens is 2. The highest BCUT2D eigenvalue weighted by Gasteiger charge is 2.26. The van der Waals surface area contributed by atoms with Crippen LogP contribution in [-0.4, -0.2) is 49.3 Å². The third kappa shape index (κ3) is 7.16. The summed E-state index contributed by atoms with van der Waals surface area (Å²) in [6.07, 6.45) is 1.45. The molecule has 0 bridgehead atoms. The number of aliphatic hydroxyl groups excluding tert-OH is 1. The second kappa shape index (κ2) is 15.2. The fourth-order valence-electron chi connectivity index (χ4n) is 4.24. The van der Waals surface area contributed by atoms with Crippen LogP contribution in [0, 0.1) is 12.7 Å². The van der Waals surface area contributed by atoms with Crippen LogP contribution < -0.4 is 20.7 Å². The lowest BCUT2D eigenvalue weighted by Crippen LogP contribution is -2.25. The molecule has 0 aliphatic carbocycles. The van der Waals surface area contributed by atoms with Gasteiger partial charge in [0.15, 0.2) is 0 Å². The average molecular weight is 562 g/mol. The van der Waals surface area contributed by atoms with Gasteiger partial charge in [-0.05, 0) is 49.1 Å². The number of carbonyl (C=O) groups excluding carboxylic acids is 1. The summed E-state index contributed by atoms with van der Waals surface area (Å²) >= 11 is 6.67. The van der Waals surface area contributed by atoms with Gasteiger partial charge < -0.3 is 25.8 Å². The molecule has 3 aromatic rings. The molecule has 10 heteroatoms. The maximum atomic E-state index is 14.8. The second-order valence-corrected chi connectivity index (χ2v) is 9.10. The number of hydrogen-bond acceptors (Lipinski definition) is 7. The van der Waals surface area contributed by atoms with Crippen molar-refractivity contribution in [2.24, 2.45) is 0 Å². The van der Waals surface area contributed by atoms with Gasteiger partial charge in [-0.1, -0.05) is 45.4 Å². The maximum Gasteiger partial charge on any atom is 0.253 e. The Kier molecular flexibility index (Phi) is 13.1. The van der Waals surface area contributed by atoms with Crippen LogP contribution in [0.1, 0.15) is 73.6 Å². The lowest BCUT2D eigenvalue weighted by atomic mass is 9.92. The van der Waals surface area contributed by atoms with E-state index in [1.807, 2.05) is 59.6 Å². The van der Waals surface area contributed by atoms with Crippen LogP contribution in [0.3, 0.4) is 0 Å². The van der Waals surface area contributed by atoms with Crippen LogP contribution in [0.4, 0.5) is 16.0 Å². The number of nitrogens with two attached hydrogens (primary N) is 1. The summed E-state index contributed by atoms with van der Waals surface area (Å²) in [4.78, 5) is 22.6. The molecule has 214 valence electrons. The first-order chi connectivity index (χ1) is 18.5. The highest BCUT2D eigenvalue weighted by molar-refractivity contribution is 6.32.